The molecule has 0 saturated heterocycles. The van der Waals surface area contributed by atoms with Crippen LogP contribution in [-0.2, 0) is 10.0 Å². The first-order valence-electron chi connectivity index (χ1n) is 3.44. The van der Waals surface area contributed by atoms with Crippen molar-refractivity contribution in [2.45, 2.75) is 0 Å². The highest BCUT2D eigenvalue weighted by atomic mass is 79.9. The molecule has 0 aliphatic carbocycles. The normalized spacial score (nSPS) is 12.2. The van der Waals surface area contributed by atoms with Crippen molar-refractivity contribution in [2.75, 3.05) is 0 Å². The summed E-state index contributed by atoms with van der Waals surface area (Å²) in [6.45, 7) is 0. The lowest BCUT2D eigenvalue weighted by atomic mass is 10.2. The van der Waals surface area contributed by atoms with Crippen LogP contribution in [0.3, 0.4) is 0 Å². The maximum atomic E-state index is 10.6. The summed E-state index contributed by atoms with van der Waals surface area (Å²) in [6.07, 6.45) is 1.44. The molecule has 0 heterocycles. The number of hydrogen-bond acceptors (Lipinski definition) is 2. The van der Waals surface area contributed by atoms with Gasteiger partial charge in [0.05, 0.1) is 0 Å². The smallest absolute Gasteiger partial charge is 0.225 e. The average Bonchev–Trinajstić information content (AvgIpc) is 2.00. The zero-order valence-corrected chi connectivity index (χ0v) is 9.05. The van der Waals surface area contributed by atoms with Crippen molar-refractivity contribution in [2.24, 2.45) is 5.14 Å². The van der Waals surface area contributed by atoms with Crippen LogP contribution in [0.25, 0.3) is 6.08 Å². The van der Waals surface area contributed by atoms with E-state index in [4.69, 9.17) is 5.14 Å². The summed E-state index contributed by atoms with van der Waals surface area (Å²) in [5.74, 6) is 0. The average molecular weight is 262 g/mol. The van der Waals surface area contributed by atoms with Gasteiger partial charge in [0.25, 0.3) is 0 Å². The van der Waals surface area contributed by atoms with E-state index in [2.05, 4.69) is 15.9 Å². The van der Waals surface area contributed by atoms with Crippen LogP contribution in [0.15, 0.2) is 34.1 Å². The Morgan fingerprint density at radius 2 is 2.08 bits per heavy atom. The lowest BCUT2D eigenvalue weighted by Gasteiger charge is -1.93. The van der Waals surface area contributed by atoms with Gasteiger partial charge in [0, 0.05) is 9.88 Å². The number of benzene rings is 1. The van der Waals surface area contributed by atoms with Gasteiger partial charge in [-0.1, -0.05) is 28.1 Å². The van der Waals surface area contributed by atoms with E-state index >= 15 is 0 Å². The van der Waals surface area contributed by atoms with E-state index in [1.54, 1.807) is 12.1 Å². The maximum Gasteiger partial charge on any atom is 0.231 e. The SMILES string of the molecule is NS(=O)(=O)/C=C\c1cccc(Br)c1. The molecule has 0 fully saturated rings. The molecule has 13 heavy (non-hydrogen) atoms. The standard InChI is InChI=1S/C8H8BrNO2S/c9-8-3-1-2-7(6-8)4-5-13(10,11)12/h1-6H,(H2,10,11,12)/b5-4-. The van der Waals surface area contributed by atoms with E-state index < -0.39 is 10.0 Å². The van der Waals surface area contributed by atoms with Crippen molar-refractivity contribution in [3.05, 3.63) is 39.7 Å². The van der Waals surface area contributed by atoms with E-state index in [0.717, 1.165) is 15.4 Å². The number of halogens is 1. The summed E-state index contributed by atoms with van der Waals surface area (Å²) < 4.78 is 22.0. The molecule has 2 N–H and O–H groups in total. The molecule has 1 aromatic carbocycles. The molecule has 0 saturated carbocycles. The van der Waals surface area contributed by atoms with Crippen LogP contribution in [0.5, 0.6) is 0 Å². The van der Waals surface area contributed by atoms with Crippen LogP contribution in [-0.4, -0.2) is 8.42 Å². The molecule has 1 aromatic rings. The molecule has 3 nitrogen and oxygen atoms in total. The van der Waals surface area contributed by atoms with Gasteiger partial charge in [-0.05, 0) is 23.8 Å². The third-order valence-electron chi connectivity index (χ3n) is 1.30. The Labute approximate surface area is 85.4 Å². The molecule has 0 spiro atoms. The van der Waals surface area contributed by atoms with Crippen LogP contribution < -0.4 is 5.14 Å². The largest absolute Gasteiger partial charge is 0.231 e. The fraction of sp³-hybridized carbons (Fsp3) is 0. The molecule has 1 rings (SSSR count). The number of hydrogen-bond donors (Lipinski definition) is 1. The summed E-state index contributed by atoms with van der Waals surface area (Å²) in [6, 6.07) is 7.25. The quantitative estimate of drug-likeness (QED) is 0.881. The highest BCUT2D eigenvalue weighted by molar-refractivity contribution is 9.10. The maximum absolute atomic E-state index is 10.6. The van der Waals surface area contributed by atoms with Gasteiger partial charge >= 0.3 is 0 Å². The summed E-state index contributed by atoms with van der Waals surface area (Å²) in [5.41, 5.74) is 0.781. The Morgan fingerprint density at radius 1 is 1.38 bits per heavy atom. The molecule has 0 aliphatic rings. The van der Waals surface area contributed by atoms with Gasteiger partial charge < -0.3 is 0 Å². The number of sulfonamides is 1. The van der Waals surface area contributed by atoms with Crippen molar-refractivity contribution in [1.82, 2.24) is 0 Å². The van der Waals surface area contributed by atoms with Crippen molar-refractivity contribution in [3.63, 3.8) is 0 Å². The first kappa shape index (κ1) is 10.4. The van der Waals surface area contributed by atoms with Gasteiger partial charge in [0.2, 0.25) is 10.0 Å². The van der Waals surface area contributed by atoms with Gasteiger partial charge in [-0.25, -0.2) is 13.6 Å². The second-order valence-electron chi connectivity index (χ2n) is 2.45. The fourth-order valence-electron chi connectivity index (χ4n) is 0.784. The lowest BCUT2D eigenvalue weighted by Crippen LogP contribution is -2.06. The first-order chi connectivity index (χ1) is 5.97. The molecule has 5 heteroatoms. The van der Waals surface area contributed by atoms with Crippen molar-refractivity contribution >= 4 is 32.0 Å². The molecule has 0 unspecified atom stereocenters. The molecule has 0 amide bonds. The Balaban J connectivity index is 2.93. The van der Waals surface area contributed by atoms with Crippen LogP contribution in [0.2, 0.25) is 0 Å². The molecule has 0 bridgehead atoms. The minimum atomic E-state index is -3.53. The molecule has 0 atom stereocenters. The Hall–Kier alpha value is -0.650. The van der Waals surface area contributed by atoms with E-state index in [0.29, 0.717) is 0 Å². The van der Waals surface area contributed by atoms with Gasteiger partial charge in [-0.3, -0.25) is 0 Å². The van der Waals surface area contributed by atoms with Crippen molar-refractivity contribution in [1.29, 1.82) is 0 Å². The van der Waals surface area contributed by atoms with E-state index in [1.807, 2.05) is 12.1 Å². The fourth-order valence-corrected chi connectivity index (χ4v) is 1.55. The predicted molar refractivity (Wildman–Crippen MR) is 56.3 cm³/mol. The molecular formula is C8H8BrNO2S. The lowest BCUT2D eigenvalue weighted by molar-refractivity contribution is 0.606. The minimum absolute atomic E-state index is 0.781. The molecular weight excluding hydrogens is 254 g/mol. The van der Waals surface area contributed by atoms with Gasteiger partial charge in [-0.2, -0.15) is 0 Å². The van der Waals surface area contributed by atoms with Crippen LogP contribution in [0.1, 0.15) is 5.56 Å². The topological polar surface area (TPSA) is 60.2 Å². The van der Waals surface area contributed by atoms with Crippen LogP contribution in [0, 0.1) is 0 Å². The zero-order valence-electron chi connectivity index (χ0n) is 6.64. The summed E-state index contributed by atoms with van der Waals surface area (Å²) in [5, 5.41) is 5.76. The van der Waals surface area contributed by atoms with Gasteiger partial charge in [-0.15, -0.1) is 0 Å². The van der Waals surface area contributed by atoms with E-state index in [-0.39, 0.29) is 0 Å². The third kappa shape index (κ3) is 4.21. The molecule has 70 valence electrons. The second kappa shape index (κ2) is 4.04. The van der Waals surface area contributed by atoms with Gasteiger partial charge in [0.15, 0.2) is 0 Å². The Morgan fingerprint density at radius 3 is 2.62 bits per heavy atom. The number of primary sulfonamides is 1. The Kier molecular flexibility index (Phi) is 3.24. The predicted octanol–water partition coefficient (Wildman–Crippen LogP) is 1.71. The van der Waals surface area contributed by atoms with Gasteiger partial charge in [0.1, 0.15) is 0 Å². The third-order valence-corrected chi connectivity index (χ3v) is 2.31. The van der Waals surface area contributed by atoms with Crippen LogP contribution in [0.4, 0.5) is 0 Å². The summed E-state index contributed by atoms with van der Waals surface area (Å²) in [7, 11) is -3.53. The monoisotopic (exact) mass is 261 g/mol. The van der Waals surface area contributed by atoms with Crippen molar-refractivity contribution < 1.29 is 8.42 Å². The minimum Gasteiger partial charge on any atom is -0.225 e. The number of nitrogens with two attached hydrogens (primary N) is 1. The highest BCUT2D eigenvalue weighted by Gasteiger charge is 1.94. The second-order valence-corrected chi connectivity index (χ2v) is 4.81. The first-order valence-corrected chi connectivity index (χ1v) is 5.84. The Bertz CT molecular complexity index is 426. The number of rotatable bonds is 2. The molecule has 0 radical (unpaired) electrons. The summed E-state index contributed by atoms with van der Waals surface area (Å²) >= 11 is 3.27. The molecule has 0 aliphatic heterocycles. The van der Waals surface area contributed by atoms with Crippen LogP contribution >= 0.6 is 15.9 Å². The molecule has 0 aromatic heterocycles. The van der Waals surface area contributed by atoms with Crippen molar-refractivity contribution in [3.8, 4) is 0 Å². The zero-order chi connectivity index (χ0) is 9.90. The highest BCUT2D eigenvalue weighted by Crippen LogP contribution is 2.12. The summed E-state index contributed by atoms with van der Waals surface area (Å²) in [4.78, 5) is 0. The van der Waals surface area contributed by atoms with E-state index in [9.17, 15) is 8.42 Å². The van der Waals surface area contributed by atoms with E-state index in [1.165, 1.54) is 6.08 Å².